The van der Waals surface area contributed by atoms with Crippen LogP contribution in [0.1, 0.15) is 93.6 Å². The van der Waals surface area contributed by atoms with Crippen molar-refractivity contribution in [1.82, 2.24) is 10.6 Å². The lowest BCUT2D eigenvalue weighted by atomic mass is 9.73. The van der Waals surface area contributed by atoms with Gasteiger partial charge in [0.2, 0.25) is 17.5 Å². The van der Waals surface area contributed by atoms with E-state index in [1.165, 1.54) is 18.6 Å². The van der Waals surface area contributed by atoms with Gasteiger partial charge in [0.1, 0.15) is 43.8 Å². The number of allylic oxidation sites excluding steroid dienone is 4. The van der Waals surface area contributed by atoms with Crippen molar-refractivity contribution in [3.8, 4) is 5.75 Å². The minimum Gasteiger partial charge on any atom is -0.496 e. The van der Waals surface area contributed by atoms with Crippen molar-refractivity contribution < 1.29 is 48.2 Å². The monoisotopic (exact) mass is 936 g/mol. The molecule has 0 spiro atoms. The first-order valence-corrected chi connectivity index (χ1v) is 23.6. The zero-order valence-electron chi connectivity index (χ0n) is 39.8. The number of carboxylic acid groups (broad SMARTS) is 1. The highest BCUT2D eigenvalue weighted by Gasteiger charge is 2.40. The molecule has 1 aliphatic carbocycles. The zero-order chi connectivity index (χ0) is 48.9. The molecule has 3 amide bonds. The summed E-state index contributed by atoms with van der Waals surface area (Å²) in [6.07, 6.45) is 7.69. The van der Waals surface area contributed by atoms with Crippen LogP contribution in [-0.2, 0) is 36.8 Å². The maximum Gasteiger partial charge on any atom is 0.336 e. The van der Waals surface area contributed by atoms with Crippen molar-refractivity contribution in [3.63, 3.8) is 0 Å². The van der Waals surface area contributed by atoms with Crippen LogP contribution in [0.5, 0.6) is 5.75 Å². The van der Waals surface area contributed by atoms with Crippen LogP contribution >= 0.6 is 0 Å². The third kappa shape index (κ3) is 12.2. The number of carboxylic acids is 1. The Hall–Kier alpha value is -7.45. The molecule has 2 heterocycles. The van der Waals surface area contributed by atoms with Crippen LogP contribution in [0, 0.1) is 12.8 Å². The molecule has 0 radical (unpaired) electrons. The molecule has 0 saturated heterocycles. The maximum absolute atomic E-state index is 13.5. The van der Waals surface area contributed by atoms with E-state index in [2.05, 4.69) is 45.7 Å². The van der Waals surface area contributed by atoms with E-state index < -0.39 is 11.9 Å². The van der Waals surface area contributed by atoms with Crippen LogP contribution in [0.2, 0.25) is 0 Å². The quantitative estimate of drug-likeness (QED) is 0.0479. The Bertz CT molecular complexity index is 2700. The minimum absolute atomic E-state index is 0.0412. The van der Waals surface area contributed by atoms with Crippen LogP contribution in [0.4, 0.5) is 11.4 Å². The number of hydrogen-bond acceptors (Lipinski definition) is 9. The fourth-order valence-electron chi connectivity index (χ4n) is 8.94. The number of para-hydroxylation sites is 1. The number of aromatic carboxylic acids is 1. The van der Waals surface area contributed by atoms with Gasteiger partial charge in [0.05, 0.1) is 37.6 Å². The Balaban J connectivity index is 0.818. The summed E-state index contributed by atoms with van der Waals surface area (Å²) in [5, 5.41) is 19.5. The predicted octanol–water partition coefficient (Wildman–Crippen LogP) is 6.60. The molecule has 14 nitrogen and oxygen atoms in total. The Morgan fingerprint density at radius 2 is 1.62 bits per heavy atom. The molecule has 5 N–H and O–H groups in total. The molecular formula is C55H62N5O9+. The first-order valence-electron chi connectivity index (χ1n) is 23.6. The molecular weight excluding hydrogens is 875 g/mol. The molecule has 69 heavy (non-hydrogen) atoms. The van der Waals surface area contributed by atoms with Gasteiger partial charge in [-0.05, 0) is 86.2 Å². The summed E-state index contributed by atoms with van der Waals surface area (Å²) >= 11 is 0. The van der Waals surface area contributed by atoms with E-state index in [1.807, 2.05) is 82.3 Å². The molecule has 360 valence electrons. The number of hydrogen-bond donors (Lipinski definition) is 5. The summed E-state index contributed by atoms with van der Waals surface area (Å²) in [5.74, 6) is -1.20. The van der Waals surface area contributed by atoms with Gasteiger partial charge in [0, 0.05) is 77.9 Å². The van der Waals surface area contributed by atoms with Crippen molar-refractivity contribution in [2.45, 2.75) is 59.4 Å². The third-order valence-corrected chi connectivity index (χ3v) is 12.3. The van der Waals surface area contributed by atoms with Crippen LogP contribution in [0.25, 0.3) is 5.57 Å². The van der Waals surface area contributed by atoms with Gasteiger partial charge in [-0.3, -0.25) is 14.4 Å². The van der Waals surface area contributed by atoms with E-state index in [0.29, 0.717) is 24.3 Å². The van der Waals surface area contributed by atoms with Gasteiger partial charge in [0.25, 0.3) is 5.91 Å². The molecule has 14 heteroatoms. The van der Waals surface area contributed by atoms with Crippen LogP contribution in [0.15, 0.2) is 121 Å². The van der Waals surface area contributed by atoms with Crippen molar-refractivity contribution in [2.24, 2.45) is 5.92 Å². The summed E-state index contributed by atoms with van der Waals surface area (Å²) in [6, 6.07) is 24.7. The second-order valence-corrected chi connectivity index (χ2v) is 17.1. The van der Waals surface area contributed by atoms with Gasteiger partial charge in [-0.1, -0.05) is 61.2 Å². The standard InChI is InChI=1S/C55H61N5O9/c1-6-56-46-32-49-44(29-36(46)4)53(45-30-37(5)47(57-7-2)33-50(45)69-49)42-17-16-39(31-43(42)55(64)65)54(63)59-21-23-67-25-27-68-26-24-66-22-20-58-51(61)18-19-52(62)60-34-40-13-9-8-12-38(40)28-35(3)41-14-10-11-15-48(41)60/h8-17,25,27,29-33,44,53,57H,3,6-7,18-24,26,28,34H2,1-2,4-5H3,(H,58,61)(H,59,63)(H,64,65)/p+1/b27-25+,56-46?. The van der Waals surface area contributed by atoms with Crippen molar-refractivity contribution in [3.05, 3.63) is 166 Å². The molecule has 7 rings (SSSR count). The number of rotatable bonds is 20. The van der Waals surface area contributed by atoms with Crippen LogP contribution < -0.4 is 30.6 Å². The van der Waals surface area contributed by atoms with Crippen molar-refractivity contribution in [2.75, 3.05) is 62.8 Å². The Morgan fingerprint density at radius 3 is 2.41 bits per heavy atom. The Kier molecular flexibility index (Phi) is 16.9. The van der Waals surface area contributed by atoms with Gasteiger partial charge in [0.15, 0.2) is 0 Å². The van der Waals surface area contributed by atoms with Crippen molar-refractivity contribution >= 4 is 46.4 Å². The Morgan fingerprint density at radius 1 is 0.870 bits per heavy atom. The number of nitrogens with zero attached hydrogens (tertiary/aromatic N) is 1. The van der Waals surface area contributed by atoms with Gasteiger partial charge in [-0.2, -0.15) is 0 Å². The summed E-state index contributed by atoms with van der Waals surface area (Å²) < 4.78 is 23.0. The zero-order valence-corrected chi connectivity index (χ0v) is 39.8. The highest BCUT2D eigenvalue weighted by Crippen LogP contribution is 2.50. The first-order chi connectivity index (χ1) is 33.5. The van der Waals surface area contributed by atoms with Gasteiger partial charge < -0.3 is 44.9 Å². The number of carbonyl (C=O) groups is 4. The molecule has 0 saturated carbocycles. The fraction of sp³-hybridized carbons (Fsp3) is 0.327. The molecule has 2 aliphatic heterocycles. The van der Waals surface area contributed by atoms with E-state index in [0.717, 1.165) is 74.9 Å². The molecule has 0 aromatic heterocycles. The fourth-order valence-corrected chi connectivity index (χ4v) is 8.94. The van der Waals surface area contributed by atoms with E-state index in [4.69, 9.17) is 18.9 Å². The maximum atomic E-state index is 13.5. The molecule has 0 bridgehead atoms. The normalized spacial score (nSPS) is 16.6. The average molecular weight is 937 g/mol. The number of fused-ring (bicyclic) bond motifs is 4. The molecule has 4 aromatic carbocycles. The smallest absolute Gasteiger partial charge is 0.336 e. The Labute approximate surface area is 403 Å². The summed E-state index contributed by atoms with van der Waals surface area (Å²) in [4.78, 5) is 57.4. The summed E-state index contributed by atoms with van der Waals surface area (Å²) in [6.45, 7) is 15.7. The van der Waals surface area contributed by atoms with E-state index in [1.54, 1.807) is 17.0 Å². The number of amides is 3. The topological polar surface area (TPSA) is 179 Å². The van der Waals surface area contributed by atoms with Crippen LogP contribution in [-0.4, -0.2) is 87.1 Å². The number of aryl methyl sites for hydroxylation is 1. The molecule has 2 atom stereocenters. The second kappa shape index (κ2) is 23.5. The number of benzene rings is 4. The van der Waals surface area contributed by atoms with E-state index in [9.17, 15) is 24.3 Å². The first kappa shape index (κ1) is 49.5. The highest BCUT2D eigenvalue weighted by molar-refractivity contribution is 6.05. The van der Waals surface area contributed by atoms with Crippen molar-refractivity contribution in [1.29, 1.82) is 0 Å². The number of anilines is 2. The van der Waals surface area contributed by atoms with E-state index >= 15 is 0 Å². The minimum atomic E-state index is -1.13. The predicted molar refractivity (Wildman–Crippen MR) is 266 cm³/mol. The lowest BCUT2D eigenvalue weighted by Gasteiger charge is -2.37. The lowest BCUT2D eigenvalue weighted by Crippen LogP contribution is -2.72. The van der Waals surface area contributed by atoms with Gasteiger partial charge in [-0.15, -0.1) is 0 Å². The third-order valence-electron chi connectivity index (χ3n) is 12.3. The lowest BCUT2D eigenvalue weighted by molar-refractivity contribution is -0.451. The van der Waals surface area contributed by atoms with Gasteiger partial charge in [-0.25, -0.2) is 9.79 Å². The number of nitrogens with one attached hydrogen (secondary N) is 4. The molecule has 3 aliphatic rings. The number of carbonyl (C=O) groups excluding carboxylic acids is 3. The molecule has 2 unspecified atom stereocenters. The van der Waals surface area contributed by atoms with Crippen LogP contribution in [0.3, 0.4) is 0 Å². The van der Waals surface area contributed by atoms with E-state index in [-0.39, 0.29) is 87.1 Å². The summed E-state index contributed by atoms with van der Waals surface area (Å²) in [5.41, 5.74) is 10.5. The second-order valence-electron chi connectivity index (χ2n) is 17.1. The molecule has 4 aromatic rings. The van der Waals surface area contributed by atoms with Gasteiger partial charge >= 0.3 is 5.97 Å². The summed E-state index contributed by atoms with van der Waals surface area (Å²) in [7, 11) is 0. The SMILES string of the molecule is C=C1Cc2ccccc2CN(C(=O)CCC(=O)NCCOCCO/C=C/OCCNC(=O)c2ccc(C3c4cc(C)c(NCC)cc4OC4=CC(=[NH+]CC)C(C)=CC43)c(C(=O)O)c2)c2ccccc21. The molecule has 0 fully saturated rings. The number of ether oxygens (including phenoxy) is 4. The highest BCUT2D eigenvalue weighted by atomic mass is 16.5. The largest absolute Gasteiger partial charge is 0.496 e. The average Bonchev–Trinajstić information content (AvgIpc) is 3.34.